The molecule has 72 valence electrons. The predicted octanol–water partition coefficient (Wildman–Crippen LogP) is -0.172. The van der Waals surface area contributed by atoms with Crippen molar-refractivity contribution >= 4 is 74.2 Å². The molecular formula is C10H14OSn3. The molecule has 0 aromatic heterocycles. The summed E-state index contributed by atoms with van der Waals surface area (Å²) < 4.78 is 10.7. The molecule has 1 aromatic carbocycles. The third-order valence-corrected chi connectivity index (χ3v) is 14.7. The summed E-state index contributed by atoms with van der Waals surface area (Å²) in [5.74, 6) is 1.19. The molecule has 0 unspecified atom stereocenters. The molecule has 6 radical (unpaired) electrons. The molecule has 14 heavy (non-hydrogen) atoms. The summed E-state index contributed by atoms with van der Waals surface area (Å²) in [5.41, 5.74) is 0. The summed E-state index contributed by atoms with van der Waals surface area (Å²) in [6.07, 6.45) is 0. The average molecular weight is 506 g/mol. The number of benzene rings is 1. The van der Waals surface area contributed by atoms with Gasteiger partial charge in [0.05, 0.1) is 0 Å². The summed E-state index contributed by atoms with van der Waals surface area (Å²) in [4.78, 5) is 7.27. The molecular weight excluding hydrogens is 492 g/mol. The third kappa shape index (κ3) is 2.96. The molecule has 1 nitrogen and oxygen atoms in total. The first-order valence-corrected chi connectivity index (χ1v) is 17.4. The molecule has 0 heterocycles. The summed E-state index contributed by atoms with van der Waals surface area (Å²) in [5, 5.41) is 0. The second-order valence-corrected chi connectivity index (χ2v) is 11.5. The van der Waals surface area contributed by atoms with Crippen molar-refractivity contribution in [2.75, 3.05) is 7.11 Å². The minimum absolute atomic E-state index is 0.251. The quantitative estimate of drug-likeness (QED) is 0.516. The van der Waals surface area contributed by atoms with E-state index in [4.69, 9.17) is 4.74 Å². The third-order valence-electron chi connectivity index (χ3n) is 2.16. The van der Waals surface area contributed by atoms with Gasteiger partial charge in [0.2, 0.25) is 0 Å². The van der Waals surface area contributed by atoms with E-state index < -0.39 is 0 Å². The van der Waals surface area contributed by atoms with Crippen molar-refractivity contribution in [3.05, 3.63) is 12.1 Å². The van der Waals surface area contributed by atoms with Gasteiger partial charge in [-0.05, 0) is 0 Å². The minimum atomic E-state index is -0.343. The van der Waals surface area contributed by atoms with Crippen molar-refractivity contribution in [3.63, 3.8) is 0 Å². The fourth-order valence-corrected chi connectivity index (χ4v) is 18.2. The van der Waals surface area contributed by atoms with Gasteiger partial charge in [0.25, 0.3) is 0 Å². The fourth-order valence-electron chi connectivity index (χ4n) is 1.47. The van der Waals surface area contributed by atoms with Gasteiger partial charge >= 0.3 is 119 Å². The van der Waals surface area contributed by atoms with Gasteiger partial charge in [0, 0.05) is 0 Å². The van der Waals surface area contributed by atoms with Gasteiger partial charge in [0.1, 0.15) is 0 Å². The van der Waals surface area contributed by atoms with Crippen molar-refractivity contribution in [1.29, 1.82) is 0 Å². The Bertz CT molecular complexity index is 281. The number of rotatable bonds is 4. The van der Waals surface area contributed by atoms with Crippen LogP contribution < -0.4 is 15.5 Å². The number of methoxy groups -OCH3 is 1. The van der Waals surface area contributed by atoms with E-state index in [-0.39, 0.29) is 63.4 Å². The van der Waals surface area contributed by atoms with Crippen LogP contribution in [0.2, 0.25) is 14.8 Å². The van der Waals surface area contributed by atoms with Crippen molar-refractivity contribution < 1.29 is 4.74 Å². The number of ether oxygens (including phenoxy) is 1. The Morgan fingerprint density at radius 3 is 2.00 bits per heavy atom. The van der Waals surface area contributed by atoms with Gasteiger partial charge in [-0.15, -0.1) is 0 Å². The van der Waals surface area contributed by atoms with Crippen molar-refractivity contribution in [2.24, 2.45) is 0 Å². The first kappa shape index (κ1) is 13.5. The standard InChI is InChI=1S/C7H5O.3CH3.3Sn/c1-8-7-5-3-2-4-6-7;;;;;;/h3,5H,1H3;3*1H3;;;. The van der Waals surface area contributed by atoms with E-state index in [0.717, 1.165) is 0 Å². The molecule has 0 spiro atoms. The van der Waals surface area contributed by atoms with Gasteiger partial charge in [0.15, 0.2) is 0 Å². The van der Waals surface area contributed by atoms with E-state index in [0.29, 0.717) is 0 Å². The Morgan fingerprint density at radius 1 is 0.929 bits per heavy atom. The van der Waals surface area contributed by atoms with E-state index >= 15 is 0 Å². The van der Waals surface area contributed by atoms with E-state index in [1.54, 1.807) is 10.7 Å². The van der Waals surface area contributed by atoms with Crippen LogP contribution in [0.1, 0.15) is 0 Å². The molecule has 1 aromatic rings. The summed E-state index contributed by atoms with van der Waals surface area (Å²) in [7, 11) is 1.81. The molecule has 0 bridgehead atoms. The van der Waals surface area contributed by atoms with E-state index in [1.807, 2.05) is 7.11 Å². The molecule has 0 saturated carbocycles. The van der Waals surface area contributed by atoms with E-state index in [9.17, 15) is 0 Å². The van der Waals surface area contributed by atoms with Gasteiger partial charge in [-0.25, -0.2) is 0 Å². The summed E-state index contributed by atoms with van der Waals surface area (Å²) >= 11 is -0.877. The van der Waals surface area contributed by atoms with Crippen LogP contribution in [0.15, 0.2) is 12.1 Å². The van der Waals surface area contributed by atoms with Crippen molar-refractivity contribution in [2.45, 2.75) is 14.8 Å². The number of hydrogen-bond acceptors (Lipinski definition) is 1. The van der Waals surface area contributed by atoms with Gasteiger partial charge < -0.3 is 0 Å². The van der Waals surface area contributed by atoms with Crippen LogP contribution in [0.5, 0.6) is 5.75 Å². The molecule has 0 fully saturated rings. The van der Waals surface area contributed by atoms with Gasteiger partial charge in [-0.3, -0.25) is 0 Å². The topological polar surface area (TPSA) is 9.23 Å². The van der Waals surface area contributed by atoms with Crippen LogP contribution in [-0.2, 0) is 0 Å². The first-order valence-electron chi connectivity index (χ1n) is 4.52. The Balaban J connectivity index is 3.28. The second kappa shape index (κ2) is 6.88. The zero-order chi connectivity index (χ0) is 10.6. The molecule has 0 aliphatic heterocycles. The van der Waals surface area contributed by atoms with Crippen LogP contribution in [0.4, 0.5) is 0 Å². The fraction of sp³-hybridized carbons (Fsp3) is 0.400. The zero-order valence-electron chi connectivity index (χ0n) is 9.06. The predicted molar refractivity (Wildman–Crippen MR) is 66.8 cm³/mol. The maximum absolute atomic E-state index is 5.47. The van der Waals surface area contributed by atoms with Crippen molar-refractivity contribution in [1.82, 2.24) is 0 Å². The Labute approximate surface area is 117 Å². The molecule has 0 saturated heterocycles. The molecule has 0 amide bonds. The van der Waals surface area contributed by atoms with Crippen LogP contribution >= 0.6 is 0 Å². The Kier molecular flexibility index (Phi) is 6.63. The first-order chi connectivity index (χ1) is 6.78. The second-order valence-electron chi connectivity index (χ2n) is 2.82. The summed E-state index contributed by atoms with van der Waals surface area (Å²) in [6, 6.07) is 4.54. The van der Waals surface area contributed by atoms with E-state index in [2.05, 4.69) is 27.0 Å². The average Bonchev–Trinajstić information content (AvgIpc) is 2.26. The van der Waals surface area contributed by atoms with Crippen LogP contribution in [0.3, 0.4) is 0 Å². The van der Waals surface area contributed by atoms with E-state index in [1.165, 1.54) is 5.75 Å². The summed E-state index contributed by atoms with van der Waals surface area (Å²) in [6.45, 7) is 0. The van der Waals surface area contributed by atoms with Crippen molar-refractivity contribution in [3.8, 4) is 5.75 Å². The monoisotopic (exact) mass is 510 g/mol. The molecule has 0 aliphatic rings. The molecule has 0 N–H and O–H groups in total. The van der Waals surface area contributed by atoms with Crippen LogP contribution in [-0.4, -0.2) is 70.5 Å². The van der Waals surface area contributed by atoms with Gasteiger partial charge in [-0.2, -0.15) is 0 Å². The molecule has 0 atom stereocenters. The molecule has 4 heteroatoms. The zero-order valence-corrected chi connectivity index (χ0v) is 17.6. The normalized spacial score (nSPS) is 10.3. The maximum atomic E-state index is 5.47. The Morgan fingerprint density at radius 2 is 1.57 bits per heavy atom. The SMILES string of the molecule is COc1cc[c]([Sn][CH3])[c]([Sn][CH3])[c]1[Sn][CH3]. The van der Waals surface area contributed by atoms with Gasteiger partial charge in [-0.1, -0.05) is 0 Å². The number of hydrogen-bond donors (Lipinski definition) is 0. The Hall–Kier alpha value is 1.42. The van der Waals surface area contributed by atoms with Crippen LogP contribution in [0, 0.1) is 0 Å². The molecule has 1 rings (SSSR count). The molecule has 0 aliphatic carbocycles. The van der Waals surface area contributed by atoms with Crippen LogP contribution in [0.25, 0.3) is 0 Å².